The molecule has 0 saturated heterocycles. The minimum absolute atomic E-state index is 0. The third-order valence-electron chi connectivity index (χ3n) is 3.57. The van der Waals surface area contributed by atoms with Crippen molar-refractivity contribution in [1.29, 1.82) is 0 Å². The summed E-state index contributed by atoms with van der Waals surface area (Å²) in [6, 6.07) is 16.9. The first kappa shape index (κ1) is 21.0. The zero-order chi connectivity index (χ0) is 17.2. The summed E-state index contributed by atoms with van der Waals surface area (Å²) in [5.41, 5.74) is 8.04. The monoisotopic (exact) mass is 364 g/mol. The second-order valence-corrected chi connectivity index (χ2v) is 5.44. The van der Waals surface area contributed by atoms with E-state index in [1.165, 1.54) is 0 Å². The zero-order valence-corrected chi connectivity index (χ0v) is 15.2. The Labute approximate surface area is 155 Å². The summed E-state index contributed by atoms with van der Waals surface area (Å²) in [5, 5.41) is 0. The molecule has 0 saturated carbocycles. The molecule has 0 heterocycles. The SMILES string of the molecule is COCCOCCN(Cc1ccccc1)C(=O)c1cccc(N)c1.Cl. The molecule has 136 valence electrons. The Balaban J connectivity index is 0.00000312. The van der Waals surface area contributed by atoms with Crippen LogP contribution in [0.4, 0.5) is 5.69 Å². The van der Waals surface area contributed by atoms with Crippen LogP contribution >= 0.6 is 12.4 Å². The second kappa shape index (κ2) is 11.5. The van der Waals surface area contributed by atoms with Crippen molar-refractivity contribution in [3.63, 3.8) is 0 Å². The Kier molecular flexibility index (Phi) is 9.62. The van der Waals surface area contributed by atoms with Gasteiger partial charge in [0.1, 0.15) is 0 Å². The first-order valence-corrected chi connectivity index (χ1v) is 7.96. The van der Waals surface area contributed by atoms with Gasteiger partial charge in [-0.1, -0.05) is 36.4 Å². The van der Waals surface area contributed by atoms with Crippen molar-refractivity contribution in [1.82, 2.24) is 4.90 Å². The number of nitrogens with zero attached hydrogens (tertiary/aromatic N) is 1. The highest BCUT2D eigenvalue weighted by molar-refractivity contribution is 5.95. The quantitative estimate of drug-likeness (QED) is 0.548. The van der Waals surface area contributed by atoms with Gasteiger partial charge in [-0.25, -0.2) is 0 Å². The van der Waals surface area contributed by atoms with E-state index in [0.717, 1.165) is 5.56 Å². The van der Waals surface area contributed by atoms with E-state index in [0.29, 0.717) is 44.2 Å². The number of halogens is 1. The van der Waals surface area contributed by atoms with Gasteiger partial charge in [-0.3, -0.25) is 4.79 Å². The number of carbonyl (C=O) groups excluding carboxylic acids is 1. The molecule has 0 unspecified atom stereocenters. The van der Waals surface area contributed by atoms with Crippen molar-refractivity contribution in [3.05, 3.63) is 65.7 Å². The lowest BCUT2D eigenvalue weighted by molar-refractivity contribution is 0.0477. The molecular formula is C19H25ClN2O3. The van der Waals surface area contributed by atoms with Crippen molar-refractivity contribution in [2.75, 3.05) is 39.2 Å². The van der Waals surface area contributed by atoms with Gasteiger partial charge in [0.25, 0.3) is 5.91 Å². The number of benzene rings is 2. The molecule has 0 aliphatic heterocycles. The Morgan fingerprint density at radius 2 is 1.80 bits per heavy atom. The lowest BCUT2D eigenvalue weighted by Crippen LogP contribution is -2.33. The Bertz CT molecular complexity index is 638. The second-order valence-electron chi connectivity index (χ2n) is 5.44. The average molecular weight is 365 g/mol. The fourth-order valence-corrected chi connectivity index (χ4v) is 2.33. The largest absolute Gasteiger partial charge is 0.399 e. The van der Waals surface area contributed by atoms with Crippen LogP contribution in [0.1, 0.15) is 15.9 Å². The van der Waals surface area contributed by atoms with Gasteiger partial charge in [-0.15, -0.1) is 12.4 Å². The number of hydrogen-bond donors (Lipinski definition) is 1. The summed E-state index contributed by atoms with van der Waals surface area (Å²) in [7, 11) is 1.63. The van der Waals surface area contributed by atoms with E-state index >= 15 is 0 Å². The van der Waals surface area contributed by atoms with Crippen LogP contribution in [0.15, 0.2) is 54.6 Å². The number of nitrogen functional groups attached to an aromatic ring is 1. The van der Waals surface area contributed by atoms with Gasteiger partial charge in [0.2, 0.25) is 0 Å². The standard InChI is InChI=1S/C19H24N2O3.ClH/c1-23-12-13-24-11-10-21(15-16-6-3-2-4-7-16)19(22)17-8-5-9-18(20)14-17;/h2-9,14H,10-13,15,20H2,1H3;1H. The first-order chi connectivity index (χ1) is 11.7. The molecule has 2 N–H and O–H groups in total. The lowest BCUT2D eigenvalue weighted by atomic mass is 10.1. The maximum absolute atomic E-state index is 12.8. The summed E-state index contributed by atoms with van der Waals surface area (Å²) in [6.45, 7) is 2.56. The molecule has 0 bridgehead atoms. The third-order valence-corrected chi connectivity index (χ3v) is 3.57. The molecule has 0 radical (unpaired) electrons. The highest BCUT2D eigenvalue weighted by Crippen LogP contribution is 2.13. The Morgan fingerprint density at radius 3 is 2.48 bits per heavy atom. The number of nitrogens with two attached hydrogens (primary N) is 1. The van der Waals surface area contributed by atoms with Gasteiger partial charge < -0.3 is 20.1 Å². The number of anilines is 1. The highest BCUT2D eigenvalue weighted by Gasteiger charge is 2.16. The molecule has 2 aromatic carbocycles. The van der Waals surface area contributed by atoms with Crippen molar-refractivity contribution in [2.24, 2.45) is 0 Å². The van der Waals surface area contributed by atoms with Gasteiger partial charge >= 0.3 is 0 Å². The molecule has 0 aliphatic carbocycles. The molecule has 25 heavy (non-hydrogen) atoms. The minimum atomic E-state index is -0.0542. The summed E-state index contributed by atoms with van der Waals surface area (Å²) < 4.78 is 10.5. The maximum atomic E-state index is 12.8. The first-order valence-electron chi connectivity index (χ1n) is 7.96. The number of methoxy groups -OCH3 is 1. The minimum Gasteiger partial charge on any atom is -0.399 e. The molecule has 2 aromatic rings. The van der Waals surface area contributed by atoms with Crippen molar-refractivity contribution < 1.29 is 14.3 Å². The molecular weight excluding hydrogens is 340 g/mol. The molecule has 1 amide bonds. The molecule has 2 rings (SSSR count). The summed E-state index contributed by atoms with van der Waals surface area (Å²) in [5.74, 6) is -0.0542. The van der Waals surface area contributed by atoms with Gasteiger partial charge in [0.05, 0.1) is 19.8 Å². The maximum Gasteiger partial charge on any atom is 0.254 e. The molecule has 5 nitrogen and oxygen atoms in total. The summed E-state index contributed by atoms with van der Waals surface area (Å²) >= 11 is 0. The van der Waals surface area contributed by atoms with Gasteiger partial charge in [-0.2, -0.15) is 0 Å². The van der Waals surface area contributed by atoms with E-state index < -0.39 is 0 Å². The zero-order valence-electron chi connectivity index (χ0n) is 14.4. The molecule has 0 aliphatic rings. The predicted molar refractivity (Wildman–Crippen MR) is 102 cm³/mol. The summed E-state index contributed by atoms with van der Waals surface area (Å²) in [6.07, 6.45) is 0. The van der Waals surface area contributed by atoms with Crippen molar-refractivity contribution in [3.8, 4) is 0 Å². The van der Waals surface area contributed by atoms with E-state index in [9.17, 15) is 4.79 Å². The molecule has 6 heteroatoms. The van der Waals surface area contributed by atoms with E-state index in [2.05, 4.69) is 0 Å². The third kappa shape index (κ3) is 7.13. The topological polar surface area (TPSA) is 64.8 Å². The van der Waals surface area contributed by atoms with Crippen LogP contribution in [0.5, 0.6) is 0 Å². The van der Waals surface area contributed by atoms with Crippen LogP contribution < -0.4 is 5.73 Å². The fourth-order valence-electron chi connectivity index (χ4n) is 2.33. The molecule has 0 spiro atoms. The predicted octanol–water partition coefficient (Wildman–Crippen LogP) is 3.00. The number of amides is 1. The lowest BCUT2D eigenvalue weighted by Gasteiger charge is -2.23. The van der Waals surface area contributed by atoms with Crippen LogP contribution in [0.2, 0.25) is 0 Å². The van der Waals surface area contributed by atoms with E-state index in [1.807, 2.05) is 30.3 Å². The van der Waals surface area contributed by atoms with Crippen LogP contribution in [0.25, 0.3) is 0 Å². The Morgan fingerprint density at radius 1 is 1.04 bits per heavy atom. The van der Waals surface area contributed by atoms with Crippen molar-refractivity contribution >= 4 is 24.0 Å². The molecule has 0 aromatic heterocycles. The summed E-state index contributed by atoms with van der Waals surface area (Å²) in [4.78, 5) is 14.6. The van der Waals surface area contributed by atoms with E-state index in [-0.39, 0.29) is 18.3 Å². The highest BCUT2D eigenvalue weighted by atomic mass is 35.5. The number of rotatable bonds is 9. The fraction of sp³-hybridized carbons (Fsp3) is 0.316. The van der Waals surface area contributed by atoms with Crippen LogP contribution in [-0.4, -0.2) is 44.3 Å². The van der Waals surface area contributed by atoms with Gasteiger partial charge in [0, 0.05) is 31.5 Å². The normalized spacial score (nSPS) is 10.1. The van der Waals surface area contributed by atoms with Crippen LogP contribution in [0, 0.1) is 0 Å². The van der Waals surface area contributed by atoms with Gasteiger partial charge in [0.15, 0.2) is 0 Å². The number of carbonyl (C=O) groups is 1. The number of hydrogen-bond acceptors (Lipinski definition) is 4. The average Bonchev–Trinajstić information content (AvgIpc) is 2.61. The van der Waals surface area contributed by atoms with Crippen LogP contribution in [0.3, 0.4) is 0 Å². The molecule has 0 atom stereocenters. The molecule has 0 fully saturated rings. The van der Waals surface area contributed by atoms with Crippen molar-refractivity contribution in [2.45, 2.75) is 6.54 Å². The smallest absolute Gasteiger partial charge is 0.254 e. The Hall–Kier alpha value is -2.08. The van der Waals surface area contributed by atoms with E-state index in [4.69, 9.17) is 15.2 Å². The number of ether oxygens (including phenoxy) is 2. The van der Waals surface area contributed by atoms with Gasteiger partial charge in [-0.05, 0) is 23.8 Å². The van der Waals surface area contributed by atoms with Crippen LogP contribution in [-0.2, 0) is 16.0 Å². The van der Waals surface area contributed by atoms with E-state index in [1.54, 1.807) is 36.3 Å².